The van der Waals surface area contributed by atoms with Gasteiger partial charge in [0.15, 0.2) is 11.6 Å². The predicted octanol–water partition coefficient (Wildman–Crippen LogP) is 6.27. The second-order valence-corrected chi connectivity index (χ2v) is 7.64. The van der Waals surface area contributed by atoms with E-state index in [4.69, 9.17) is 0 Å². The molecule has 31 heavy (non-hydrogen) atoms. The Morgan fingerprint density at radius 2 is 1.61 bits per heavy atom. The molecule has 2 N–H and O–H groups in total. The quantitative estimate of drug-likeness (QED) is 0.460. The van der Waals surface area contributed by atoms with Crippen molar-refractivity contribution < 1.29 is 26.7 Å². The Kier molecular flexibility index (Phi) is 6.01. The number of benzene rings is 2. The molecule has 0 aliphatic heterocycles. The molecular formula is C21H19F5N4O. The maximum absolute atomic E-state index is 14.1. The lowest BCUT2D eigenvalue weighted by molar-refractivity contribution is -0.274. The molecule has 164 valence electrons. The summed E-state index contributed by atoms with van der Waals surface area (Å²) >= 11 is 0. The van der Waals surface area contributed by atoms with Gasteiger partial charge in [-0.3, -0.25) is 0 Å². The smallest absolute Gasteiger partial charge is 0.406 e. The van der Waals surface area contributed by atoms with Gasteiger partial charge >= 0.3 is 6.36 Å². The molecule has 0 radical (unpaired) electrons. The van der Waals surface area contributed by atoms with Crippen molar-refractivity contribution in [3.05, 3.63) is 60.2 Å². The molecule has 2 aromatic carbocycles. The third-order valence-electron chi connectivity index (χ3n) is 3.79. The van der Waals surface area contributed by atoms with Gasteiger partial charge in [-0.05, 0) is 45.0 Å². The summed E-state index contributed by atoms with van der Waals surface area (Å²) in [5, 5.41) is 5.74. The molecule has 0 saturated heterocycles. The molecule has 0 aliphatic carbocycles. The molecule has 1 aromatic heterocycles. The Morgan fingerprint density at radius 3 is 2.29 bits per heavy atom. The van der Waals surface area contributed by atoms with E-state index in [0.717, 1.165) is 12.1 Å². The summed E-state index contributed by atoms with van der Waals surface area (Å²) in [5.41, 5.74) is -0.0422. The van der Waals surface area contributed by atoms with Crippen LogP contribution in [0.3, 0.4) is 0 Å². The topological polar surface area (TPSA) is 59.1 Å². The highest BCUT2D eigenvalue weighted by molar-refractivity contribution is 5.68. The van der Waals surface area contributed by atoms with Crippen molar-refractivity contribution in [2.45, 2.75) is 32.7 Å². The van der Waals surface area contributed by atoms with E-state index < -0.39 is 29.3 Å². The number of ether oxygens (including phenoxy) is 1. The van der Waals surface area contributed by atoms with Crippen LogP contribution in [0.25, 0.3) is 11.3 Å². The zero-order valence-electron chi connectivity index (χ0n) is 16.8. The summed E-state index contributed by atoms with van der Waals surface area (Å²) in [6.07, 6.45) is -4.84. The van der Waals surface area contributed by atoms with Crippen molar-refractivity contribution >= 4 is 17.5 Å². The fourth-order valence-corrected chi connectivity index (χ4v) is 2.64. The average Bonchev–Trinajstić information content (AvgIpc) is 2.63. The van der Waals surface area contributed by atoms with Crippen LogP contribution in [0, 0.1) is 11.6 Å². The molecule has 0 aliphatic rings. The largest absolute Gasteiger partial charge is 0.573 e. The van der Waals surface area contributed by atoms with Crippen molar-refractivity contribution in [3.8, 4) is 17.0 Å². The molecule has 0 bridgehead atoms. The van der Waals surface area contributed by atoms with Gasteiger partial charge in [-0.15, -0.1) is 13.2 Å². The van der Waals surface area contributed by atoms with E-state index in [1.165, 1.54) is 30.3 Å². The summed E-state index contributed by atoms with van der Waals surface area (Å²) in [6.45, 7) is 5.58. The number of halogens is 5. The molecule has 0 fully saturated rings. The van der Waals surface area contributed by atoms with Crippen molar-refractivity contribution in [3.63, 3.8) is 0 Å². The Bertz CT molecular complexity index is 1080. The van der Waals surface area contributed by atoms with Crippen molar-refractivity contribution in [1.29, 1.82) is 0 Å². The molecule has 10 heteroatoms. The average molecular weight is 438 g/mol. The van der Waals surface area contributed by atoms with Crippen LogP contribution in [0.4, 0.5) is 39.4 Å². The molecule has 0 spiro atoms. The summed E-state index contributed by atoms with van der Waals surface area (Å²) in [5.74, 6) is -2.28. The number of hydrogen-bond donors (Lipinski definition) is 2. The van der Waals surface area contributed by atoms with Gasteiger partial charge in [0.2, 0.25) is 5.95 Å². The maximum Gasteiger partial charge on any atom is 0.573 e. The number of nitrogens with one attached hydrogen (secondary N) is 2. The van der Waals surface area contributed by atoms with Gasteiger partial charge < -0.3 is 15.4 Å². The van der Waals surface area contributed by atoms with Gasteiger partial charge in [-0.1, -0.05) is 18.2 Å². The number of nitrogens with zero attached hydrogens (tertiary/aromatic N) is 2. The minimum atomic E-state index is -4.84. The lowest BCUT2D eigenvalue weighted by atomic mass is 10.1. The molecule has 3 rings (SSSR count). The van der Waals surface area contributed by atoms with Crippen LogP contribution < -0.4 is 15.4 Å². The number of rotatable bonds is 5. The molecule has 5 nitrogen and oxygen atoms in total. The monoisotopic (exact) mass is 438 g/mol. The Balaban J connectivity index is 2.04. The van der Waals surface area contributed by atoms with Gasteiger partial charge in [0.25, 0.3) is 0 Å². The summed E-state index contributed by atoms with van der Waals surface area (Å²) in [4.78, 5) is 8.60. The van der Waals surface area contributed by atoms with Gasteiger partial charge in [0.1, 0.15) is 11.6 Å². The van der Waals surface area contributed by atoms with E-state index in [0.29, 0.717) is 5.56 Å². The van der Waals surface area contributed by atoms with Crippen LogP contribution in [-0.4, -0.2) is 21.9 Å². The van der Waals surface area contributed by atoms with Crippen LogP contribution in [0.2, 0.25) is 0 Å². The minimum Gasteiger partial charge on any atom is -0.406 e. The van der Waals surface area contributed by atoms with E-state index in [2.05, 4.69) is 25.3 Å². The Hall–Kier alpha value is -3.43. The molecule has 0 atom stereocenters. The summed E-state index contributed by atoms with van der Waals surface area (Å²) in [6, 6.07) is 10.3. The van der Waals surface area contributed by atoms with Crippen LogP contribution in [0.5, 0.6) is 5.75 Å². The summed E-state index contributed by atoms with van der Waals surface area (Å²) in [7, 11) is 0. The van der Waals surface area contributed by atoms with Crippen LogP contribution in [-0.2, 0) is 0 Å². The van der Waals surface area contributed by atoms with Crippen molar-refractivity contribution in [2.24, 2.45) is 0 Å². The second kappa shape index (κ2) is 8.37. The van der Waals surface area contributed by atoms with E-state index >= 15 is 0 Å². The lowest BCUT2D eigenvalue weighted by Gasteiger charge is -2.21. The second-order valence-electron chi connectivity index (χ2n) is 7.64. The molecule has 3 aromatic rings. The first-order valence-electron chi connectivity index (χ1n) is 9.14. The first-order chi connectivity index (χ1) is 14.4. The number of aromatic nitrogens is 2. The normalized spacial score (nSPS) is 11.9. The zero-order chi connectivity index (χ0) is 22.8. The Morgan fingerprint density at radius 1 is 0.903 bits per heavy atom. The van der Waals surface area contributed by atoms with E-state index in [1.54, 1.807) is 6.07 Å². The fraction of sp³-hybridized carbons (Fsp3) is 0.238. The lowest BCUT2D eigenvalue weighted by Crippen LogP contribution is -2.27. The van der Waals surface area contributed by atoms with Crippen molar-refractivity contribution in [1.82, 2.24) is 9.97 Å². The Labute approximate surface area is 175 Å². The van der Waals surface area contributed by atoms with Gasteiger partial charge in [0, 0.05) is 17.2 Å². The predicted molar refractivity (Wildman–Crippen MR) is 107 cm³/mol. The van der Waals surface area contributed by atoms with Crippen molar-refractivity contribution in [2.75, 3.05) is 10.6 Å². The first kappa shape index (κ1) is 22.3. The van der Waals surface area contributed by atoms with Crippen LogP contribution in [0.1, 0.15) is 20.8 Å². The highest BCUT2D eigenvalue weighted by Crippen LogP contribution is 2.30. The molecule has 0 saturated carbocycles. The number of alkyl halides is 3. The van der Waals surface area contributed by atoms with Gasteiger partial charge in [-0.2, -0.15) is 4.98 Å². The van der Waals surface area contributed by atoms with Crippen LogP contribution >= 0.6 is 0 Å². The highest BCUT2D eigenvalue weighted by Gasteiger charge is 2.31. The zero-order valence-corrected chi connectivity index (χ0v) is 16.8. The molecule has 1 heterocycles. The third kappa shape index (κ3) is 6.27. The third-order valence-corrected chi connectivity index (χ3v) is 3.79. The number of hydrogen-bond acceptors (Lipinski definition) is 5. The van der Waals surface area contributed by atoms with E-state index in [-0.39, 0.29) is 23.1 Å². The van der Waals surface area contributed by atoms with Gasteiger partial charge in [-0.25, -0.2) is 13.8 Å². The molecule has 0 unspecified atom stereocenters. The van der Waals surface area contributed by atoms with E-state index in [9.17, 15) is 22.0 Å². The summed E-state index contributed by atoms with van der Waals surface area (Å²) < 4.78 is 69.3. The first-order valence-corrected chi connectivity index (χ1v) is 9.14. The molecule has 0 amide bonds. The highest BCUT2D eigenvalue weighted by atomic mass is 19.4. The molecular weight excluding hydrogens is 419 g/mol. The fourth-order valence-electron chi connectivity index (χ4n) is 2.64. The maximum atomic E-state index is 14.1. The minimum absolute atomic E-state index is 0.114. The van der Waals surface area contributed by atoms with E-state index in [1.807, 2.05) is 20.8 Å². The SMILES string of the molecule is CC(C)(C)Nc1nc(Nc2cccc(F)c2F)cc(-c2cccc(OC(F)(F)F)c2)n1. The van der Waals surface area contributed by atoms with Gasteiger partial charge in [0.05, 0.1) is 11.4 Å². The van der Waals surface area contributed by atoms with Crippen LogP contribution in [0.15, 0.2) is 48.5 Å². The standard InChI is InChI=1S/C21H19F5N4O/c1-20(2,3)30-19-28-16(12-6-4-7-13(10-12)31-21(24,25)26)11-17(29-19)27-15-9-5-8-14(22)18(15)23/h4-11H,1-3H3,(H2,27,28,29,30). The number of anilines is 3.